The third-order valence-corrected chi connectivity index (χ3v) is 4.08. The molecular weight excluding hydrogens is 316 g/mol. The average Bonchev–Trinajstić information content (AvgIpc) is 2.87. The minimum Gasteiger partial charge on any atom is -0.316 e. The molecule has 0 aliphatic heterocycles. The summed E-state index contributed by atoms with van der Waals surface area (Å²) in [5, 5.41) is 12.1. The number of nitrogens with zero attached hydrogens (tertiary/aromatic N) is 2. The molecule has 1 aromatic heterocycles. The lowest BCUT2D eigenvalue weighted by atomic mass is 10.2. The number of halogens is 3. The molecule has 2 rings (SSSR count). The van der Waals surface area contributed by atoms with E-state index < -0.39 is 11.6 Å². The third kappa shape index (κ3) is 4.43. The first-order valence-electron chi connectivity index (χ1n) is 6.65. The molecule has 0 bridgehead atoms. The highest BCUT2D eigenvalue weighted by molar-refractivity contribution is 7.14. The Morgan fingerprint density at radius 1 is 1.24 bits per heavy atom. The summed E-state index contributed by atoms with van der Waals surface area (Å²) in [6, 6.07) is 2.01. The molecule has 2 aromatic rings. The maximum absolute atomic E-state index is 13.8. The van der Waals surface area contributed by atoms with E-state index in [9.17, 15) is 8.78 Å². The Morgan fingerprint density at radius 2 is 2.00 bits per heavy atom. The van der Waals surface area contributed by atoms with Crippen LogP contribution in [-0.2, 0) is 6.42 Å². The van der Waals surface area contributed by atoms with Crippen molar-refractivity contribution in [1.82, 2.24) is 15.5 Å². The maximum atomic E-state index is 13.8. The van der Waals surface area contributed by atoms with Gasteiger partial charge in [0.05, 0.1) is 10.6 Å². The van der Waals surface area contributed by atoms with E-state index in [4.69, 9.17) is 11.6 Å². The summed E-state index contributed by atoms with van der Waals surface area (Å²) in [6.45, 7) is 5.98. The van der Waals surface area contributed by atoms with Gasteiger partial charge in [-0.1, -0.05) is 36.8 Å². The van der Waals surface area contributed by atoms with Crippen molar-refractivity contribution in [1.29, 1.82) is 0 Å². The topological polar surface area (TPSA) is 37.8 Å². The number of benzene rings is 1. The van der Waals surface area contributed by atoms with Gasteiger partial charge in [-0.25, -0.2) is 8.78 Å². The van der Waals surface area contributed by atoms with Gasteiger partial charge in [-0.3, -0.25) is 0 Å². The molecule has 3 nitrogen and oxygen atoms in total. The van der Waals surface area contributed by atoms with Crippen LogP contribution in [-0.4, -0.2) is 23.3 Å². The van der Waals surface area contributed by atoms with Crippen LogP contribution in [0.4, 0.5) is 8.78 Å². The largest absolute Gasteiger partial charge is 0.316 e. The lowest BCUT2D eigenvalue weighted by Crippen LogP contribution is -2.22. The highest BCUT2D eigenvalue weighted by atomic mass is 35.5. The molecule has 114 valence electrons. The fraction of sp³-hybridized carbons (Fsp3) is 0.429. The fourth-order valence-electron chi connectivity index (χ4n) is 1.74. The molecule has 21 heavy (non-hydrogen) atoms. The molecule has 0 fully saturated rings. The van der Waals surface area contributed by atoms with Gasteiger partial charge in [-0.15, -0.1) is 10.2 Å². The van der Waals surface area contributed by atoms with Crippen molar-refractivity contribution < 1.29 is 8.78 Å². The smallest absolute Gasteiger partial charge is 0.150 e. The van der Waals surface area contributed by atoms with E-state index in [0.29, 0.717) is 17.3 Å². The highest BCUT2D eigenvalue weighted by Gasteiger charge is 2.14. The van der Waals surface area contributed by atoms with Crippen LogP contribution < -0.4 is 5.32 Å². The molecule has 0 amide bonds. The van der Waals surface area contributed by atoms with E-state index >= 15 is 0 Å². The van der Waals surface area contributed by atoms with Gasteiger partial charge in [0.2, 0.25) is 0 Å². The third-order valence-electron chi connectivity index (χ3n) is 2.78. The van der Waals surface area contributed by atoms with Crippen LogP contribution in [0.15, 0.2) is 12.1 Å². The van der Waals surface area contributed by atoms with Crippen molar-refractivity contribution in [2.75, 3.05) is 13.1 Å². The van der Waals surface area contributed by atoms with Crippen LogP contribution in [0, 0.1) is 17.6 Å². The Balaban J connectivity index is 2.04. The second-order valence-electron chi connectivity index (χ2n) is 5.10. The van der Waals surface area contributed by atoms with E-state index in [1.54, 1.807) is 0 Å². The monoisotopic (exact) mass is 331 g/mol. The van der Waals surface area contributed by atoms with Crippen LogP contribution in [0.3, 0.4) is 0 Å². The minimum absolute atomic E-state index is 0.0933. The molecule has 1 N–H and O–H groups in total. The van der Waals surface area contributed by atoms with Crippen LogP contribution >= 0.6 is 22.9 Å². The molecule has 0 atom stereocenters. The summed E-state index contributed by atoms with van der Waals surface area (Å²) in [5.74, 6) is -0.674. The Labute approximate surface area is 131 Å². The number of aromatic nitrogens is 2. The number of hydrogen-bond donors (Lipinski definition) is 1. The van der Waals surface area contributed by atoms with Crippen LogP contribution in [0.2, 0.25) is 5.02 Å². The van der Waals surface area contributed by atoms with Gasteiger partial charge < -0.3 is 5.32 Å². The summed E-state index contributed by atoms with van der Waals surface area (Å²) in [7, 11) is 0. The summed E-state index contributed by atoms with van der Waals surface area (Å²) in [5.41, 5.74) is 0.0933. The lowest BCUT2D eigenvalue weighted by Gasteiger charge is -2.05. The van der Waals surface area contributed by atoms with Gasteiger partial charge in [0.25, 0.3) is 0 Å². The molecule has 0 spiro atoms. The molecular formula is C14H16ClF2N3S. The van der Waals surface area contributed by atoms with Crippen molar-refractivity contribution in [2.24, 2.45) is 5.92 Å². The van der Waals surface area contributed by atoms with Gasteiger partial charge in [0, 0.05) is 13.0 Å². The zero-order chi connectivity index (χ0) is 15.4. The normalized spacial score (nSPS) is 11.3. The molecule has 0 saturated carbocycles. The zero-order valence-corrected chi connectivity index (χ0v) is 13.4. The van der Waals surface area contributed by atoms with Gasteiger partial charge in [0.1, 0.15) is 16.6 Å². The molecule has 1 aromatic carbocycles. The van der Waals surface area contributed by atoms with Crippen molar-refractivity contribution >= 4 is 22.9 Å². The van der Waals surface area contributed by atoms with Gasteiger partial charge in [0.15, 0.2) is 5.01 Å². The summed E-state index contributed by atoms with van der Waals surface area (Å²) < 4.78 is 27.2. The molecule has 7 heteroatoms. The van der Waals surface area contributed by atoms with E-state index in [-0.39, 0.29) is 10.6 Å². The van der Waals surface area contributed by atoms with Crippen LogP contribution in [0.5, 0.6) is 0 Å². The molecule has 0 radical (unpaired) electrons. The standard InChI is InChI=1S/C14H16ClF2N3S/c1-8(2)7-18-4-3-13-19-20-14(21-13)9-5-12(17)10(15)6-11(9)16/h5-6,8,18H,3-4,7H2,1-2H3. The molecule has 0 aliphatic carbocycles. The SMILES string of the molecule is CC(C)CNCCc1nnc(-c2cc(F)c(Cl)cc2F)s1. The second kappa shape index (κ2) is 7.24. The van der Waals surface area contributed by atoms with E-state index in [1.807, 2.05) is 0 Å². The average molecular weight is 332 g/mol. The Morgan fingerprint density at radius 3 is 2.71 bits per heavy atom. The van der Waals surface area contributed by atoms with Gasteiger partial charge in [-0.05, 0) is 24.6 Å². The predicted molar refractivity (Wildman–Crippen MR) is 81.7 cm³/mol. The van der Waals surface area contributed by atoms with E-state index in [1.165, 1.54) is 11.3 Å². The first-order valence-corrected chi connectivity index (χ1v) is 7.85. The fourth-order valence-corrected chi connectivity index (χ4v) is 2.74. The van der Waals surface area contributed by atoms with Crippen molar-refractivity contribution in [3.8, 4) is 10.6 Å². The Bertz CT molecular complexity index is 616. The highest BCUT2D eigenvalue weighted by Crippen LogP contribution is 2.29. The zero-order valence-electron chi connectivity index (χ0n) is 11.8. The maximum Gasteiger partial charge on any atom is 0.150 e. The van der Waals surface area contributed by atoms with Crippen molar-refractivity contribution in [3.63, 3.8) is 0 Å². The van der Waals surface area contributed by atoms with E-state index in [0.717, 1.165) is 30.2 Å². The minimum atomic E-state index is -0.664. The predicted octanol–water partition coefficient (Wildman–Crippen LogP) is 3.92. The van der Waals surface area contributed by atoms with Crippen molar-refractivity contribution in [2.45, 2.75) is 20.3 Å². The number of hydrogen-bond acceptors (Lipinski definition) is 4. The molecule has 0 aliphatic rings. The Hall–Kier alpha value is -1.11. The number of rotatable bonds is 6. The van der Waals surface area contributed by atoms with Crippen molar-refractivity contribution in [3.05, 3.63) is 33.8 Å². The van der Waals surface area contributed by atoms with E-state index in [2.05, 4.69) is 29.4 Å². The summed E-state index contributed by atoms with van der Waals surface area (Å²) >= 11 is 6.79. The summed E-state index contributed by atoms with van der Waals surface area (Å²) in [6.07, 6.45) is 0.710. The van der Waals surface area contributed by atoms with Gasteiger partial charge in [-0.2, -0.15) is 0 Å². The number of nitrogens with one attached hydrogen (secondary N) is 1. The molecule has 0 saturated heterocycles. The first kappa shape index (κ1) is 16.3. The second-order valence-corrected chi connectivity index (χ2v) is 6.56. The molecule has 1 heterocycles. The van der Waals surface area contributed by atoms with Crippen LogP contribution in [0.25, 0.3) is 10.6 Å². The first-order chi connectivity index (χ1) is 9.97. The van der Waals surface area contributed by atoms with Crippen LogP contribution in [0.1, 0.15) is 18.9 Å². The van der Waals surface area contributed by atoms with Gasteiger partial charge >= 0.3 is 0 Å². The quantitative estimate of drug-likeness (QED) is 0.644. The Kier molecular flexibility index (Phi) is 5.61. The lowest BCUT2D eigenvalue weighted by molar-refractivity contribution is 0.553. The summed E-state index contributed by atoms with van der Waals surface area (Å²) in [4.78, 5) is 0. The molecule has 0 unspecified atom stereocenters.